The van der Waals surface area contributed by atoms with Gasteiger partial charge in [0.15, 0.2) is 5.78 Å². The Morgan fingerprint density at radius 2 is 1.74 bits per heavy atom. The van der Waals surface area contributed by atoms with E-state index < -0.39 is 0 Å². The Morgan fingerprint density at radius 1 is 1.05 bits per heavy atom. The Hall–Kier alpha value is -1.84. The number of rotatable bonds is 4. The van der Waals surface area contributed by atoms with E-state index in [0.29, 0.717) is 21.4 Å². The van der Waals surface area contributed by atoms with Gasteiger partial charge in [0.25, 0.3) is 0 Å². The third kappa shape index (κ3) is 4.09. The average Bonchev–Trinajstić information content (AvgIpc) is 2.41. The summed E-state index contributed by atoms with van der Waals surface area (Å²) in [5, 5.41) is 4.05. The van der Waals surface area contributed by atoms with Crippen molar-refractivity contribution in [1.29, 1.82) is 0 Å². The lowest BCUT2D eigenvalue weighted by Crippen LogP contribution is -1.96. The van der Waals surface area contributed by atoms with Crippen molar-refractivity contribution in [3.63, 3.8) is 0 Å². The highest BCUT2D eigenvalue weighted by molar-refractivity contribution is 6.30. The number of carbonyl (C=O) groups is 1. The van der Waals surface area contributed by atoms with Crippen molar-refractivity contribution < 1.29 is 4.79 Å². The largest absolute Gasteiger partial charge is 0.347 e. The van der Waals surface area contributed by atoms with Crippen LogP contribution < -0.4 is 5.32 Å². The standard InChI is InChI=1S/C14H10Cl2N2O/c15-11-3-1-10(2-4-11)13(19)7-8-17-14-6-5-12(16)9-18-14/h1-9H,(H,17,18)/b8-7-. The molecular weight excluding hydrogens is 283 g/mol. The topological polar surface area (TPSA) is 42.0 Å². The second kappa shape index (κ2) is 6.36. The minimum Gasteiger partial charge on any atom is -0.347 e. The summed E-state index contributed by atoms with van der Waals surface area (Å²) in [7, 11) is 0. The van der Waals surface area contributed by atoms with Gasteiger partial charge in [0, 0.05) is 29.1 Å². The number of nitrogens with one attached hydrogen (secondary N) is 1. The number of aromatic nitrogens is 1. The molecular formula is C14H10Cl2N2O. The number of hydrogen-bond acceptors (Lipinski definition) is 3. The number of nitrogens with zero attached hydrogens (tertiary/aromatic N) is 1. The Balaban J connectivity index is 1.97. The smallest absolute Gasteiger partial charge is 0.187 e. The van der Waals surface area contributed by atoms with Crippen molar-refractivity contribution in [1.82, 2.24) is 4.98 Å². The molecule has 2 aromatic rings. The summed E-state index contributed by atoms with van der Waals surface area (Å²) < 4.78 is 0. The zero-order valence-electron chi connectivity index (χ0n) is 9.81. The summed E-state index contributed by atoms with van der Waals surface area (Å²) in [5.41, 5.74) is 0.575. The van der Waals surface area contributed by atoms with Crippen LogP contribution in [0.15, 0.2) is 54.9 Å². The number of ketones is 1. The Kier molecular flexibility index (Phi) is 4.55. The van der Waals surface area contributed by atoms with Gasteiger partial charge in [-0.2, -0.15) is 0 Å². The predicted molar refractivity (Wildman–Crippen MR) is 77.8 cm³/mol. The molecule has 0 unspecified atom stereocenters. The van der Waals surface area contributed by atoms with Crippen LogP contribution in [0.5, 0.6) is 0 Å². The first kappa shape index (κ1) is 13.6. The van der Waals surface area contributed by atoms with Crippen LogP contribution in [-0.2, 0) is 0 Å². The zero-order chi connectivity index (χ0) is 13.7. The predicted octanol–water partition coefficient (Wildman–Crippen LogP) is 4.20. The number of allylic oxidation sites excluding steroid dienone is 1. The molecule has 1 heterocycles. The number of benzene rings is 1. The summed E-state index contributed by atoms with van der Waals surface area (Å²) in [4.78, 5) is 15.8. The first-order chi connectivity index (χ1) is 9.15. The Labute approximate surface area is 120 Å². The van der Waals surface area contributed by atoms with Gasteiger partial charge in [-0.05, 0) is 36.4 Å². The molecule has 96 valence electrons. The minimum absolute atomic E-state index is 0.113. The van der Waals surface area contributed by atoms with Gasteiger partial charge < -0.3 is 5.32 Å². The molecule has 5 heteroatoms. The first-order valence-corrected chi connectivity index (χ1v) is 6.25. The molecule has 0 atom stereocenters. The lowest BCUT2D eigenvalue weighted by molar-refractivity contribution is 0.104. The molecule has 0 saturated heterocycles. The van der Waals surface area contributed by atoms with Crippen molar-refractivity contribution in [2.24, 2.45) is 0 Å². The van der Waals surface area contributed by atoms with Crippen LogP contribution in [0.3, 0.4) is 0 Å². The van der Waals surface area contributed by atoms with Crippen molar-refractivity contribution >= 4 is 34.8 Å². The van der Waals surface area contributed by atoms with Gasteiger partial charge in [-0.15, -0.1) is 0 Å². The van der Waals surface area contributed by atoms with E-state index in [1.165, 1.54) is 18.5 Å². The zero-order valence-corrected chi connectivity index (χ0v) is 11.3. The number of anilines is 1. The highest BCUT2D eigenvalue weighted by Crippen LogP contribution is 2.11. The van der Waals surface area contributed by atoms with Gasteiger partial charge >= 0.3 is 0 Å². The highest BCUT2D eigenvalue weighted by Gasteiger charge is 2.00. The minimum atomic E-state index is -0.113. The van der Waals surface area contributed by atoms with Gasteiger partial charge in [0.2, 0.25) is 0 Å². The van der Waals surface area contributed by atoms with E-state index in [0.717, 1.165) is 0 Å². The van der Waals surface area contributed by atoms with Crippen LogP contribution in [0.4, 0.5) is 5.82 Å². The molecule has 0 fully saturated rings. The molecule has 3 nitrogen and oxygen atoms in total. The molecule has 1 N–H and O–H groups in total. The van der Waals surface area contributed by atoms with Gasteiger partial charge in [-0.1, -0.05) is 23.2 Å². The second-order valence-corrected chi connectivity index (χ2v) is 4.58. The molecule has 0 spiro atoms. The van der Waals surface area contributed by atoms with Crippen molar-refractivity contribution in [2.75, 3.05) is 5.32 Å². The van der Waals surface area contributed by atoms with Crippen LogP contribution in [-0.4, -0.2) is 10.8 Å². The van der Waals surface area contributed by atoms with Crippen LogP contribution in [0, 0.1) is 0 Å². The summed E-state index contributed by atoms with van der Waals surface area (Å²) in [6.45, 7) is 0. The summed E-state index contributed by atoms with van der Waals surface area (Å²) in [5.74, 6) is 0.502. The molecule has 2 rings (SSSR count). The van der Waals surface area contributed by atoms with Crippen LogP contribution >= 0.6 is 23.2 Å². The first-order valence-electron chi connectivity index (χ1n) is 5.50. The number of carbonyl (C=O) groups excluding carboxylic acids is 1. The Morgan fingerprint density at radius 3 is 2.37 bits per heavy atom. The average molecular weight is 293 g/mol. The van der Waals surface area contributed by atoms with E-state index >= 15 is 0 Å². The van der Waals surface area contributed by atoms with E-state index in [-0.39, 0.29) is 5.78 Å². The molecule has 0 amide bonds. The molecule has 0 radical (unpaired) electrons. The quantitative estimate of drug-likeness (QED) is 0.678. The monoisotopic (exact) mass is 292 g/mol. The molecule has 1 aromatic carbocycles. The summed E-state index contributed by atoms with van der Waals surface area (Å²) >= 11 is 11.5. The highest BCUT2D eigenvalue weighted by atomic mass is 35.5. The third-order valence-electron chi connectivity index (χ3n) is 2.32. The molecule has 0 aliphatic carbocycles. The third-order valence-corrected chi connectivity index (χ3v) is 2.80. The maximum absolute atomic E-state index is 11.8. The fraction of sp³-hybridized carbons (Fsp3) is 0. The van der Waals surface area contributed by atoms with E-state index in [4.69, 9.17) is 23.2 Å². The van der Waals surface area contributed by atoms with Crippen LogP contribution in [0.2, 0.25) is 10.0 Å². The van der Waals surface area contributed by atoms with Gasteiger partial charge in [-0.25, -0.2) is 4.98 Å². The Bertz CT molecular complexity index is 592. The molecule has 0 aliphatic heterocycles. The molecule has 0 saturated carbocycles. The SMILES string of the molecule is O=C(/C=C\Nc1ccc(Cl)cn1)c1ccc(Cl)cc1. The van der Waals surface area contributed by atoms with Crippen LogP contribution in [0.25, 0.3) is 0 Å². The van der Waals surface area contributed by atoms with E-state index in [1.54, 1.807) is 36.4 Å². The molecule has 0 bridgehead atoms. The maximum Gasteiger partial charge on any atom is 0.187 e. The van der Waals surface area contributed by atoms with E-state index in [9.17, 15) is 4.79 Å². The van der Waals surface area contributed by atoms with E-state index in [2.05, 4.69) is 10.3 Å². The fourth-order valence-corrected chi connectivity index (χ4v) is 1.61. The lowest BCUT2D eigenvalue weighted by atomic mass is 10.1. The molecule has 0 aliphatic rings. The lowest BCUT2D eigenvalue weighted by Gasteiger charge is -1.99. The van der Waals surface area contributed by atoms with Crippen molar-refractivity contribution in [3.8, 4) is 0 Å². The van der Waals surface area contributed by atoms with Crippen molar-refractivity contribution in [3.05, 3.63) is 70.5 Å². The van der Waals surface area contributed by atoms with Crippen LogP contribution in [0.1, 0.15) is 10.4 Å². The number of pyridine rings is 1. The van der Waals surface area contributed by atoms with Crippen molar-refractivity contribution in [2.45, 2.75) is 0 Å². The summed E-state index contributed by atoms with van der Waals surface area (Å²) in [6.07, 6.45) is 4.49. The normalized spacial score (nSPS) is 10.6. The van der Waals surface area contributed by atoms with Gasteiger partial charge in [0.05, 0.1) is 5.02 Å². The number of hydrogen-bond donors (Lipinski definition) is 1. The maximum atomic E-state index is 11.8. The number of halogens is 2. The molecule has 1 aromatic heterocycles. The fourth-order valence-electron chi connectivity index (χ4n) is 1.37. The van der Waals surface area contributed by atoms with E-state index in [1.807, 2.05) is 0 Å². The van der Waals surface area contributed by atoms with Gasteiger partial charge in [0.1, 0.15) is 5.82 Å². The second-order valence-electron chi connectivity index (χ2n) is 3.71. The van der Waals surface area contributed by atoms with Gasteiger partial charge in [-0.3, -0.25) is 4.79 Å². The molecule has 19 heavy (non-hydrogen) atoms. The summed E-state index contributed by atoms with van der Waals surface area (Å²) in [6, 6.07) is 10.1.